The van der Waals surface area contributed by atoms with Crippen LogP contribution in [0.25, 0.3) is 0 Å². The molecular formula is C12H11NO2. The lowest BCUT2D eigenvalue weighted by Crippen LogP contribution is -1.94. The number of nitriles is 1. The maximum absolute atomic E-state index is 10.5. The van der Waals surface area contributed by atoms with Crippen molar-refractivity contribution in [1.29, 1.82) is 5.26 Å². The van der Waals surface area contributed by atoms with Gasteiger partial charge < -0.3 is 4.74 Å². The van der Waals surface area contributed by atoms with Gasteiger partial charge >= 0.3 is 5.97 Å². The second kappa shape index (κ2) is 5.61. The monoisotopic (exact) mass is 201 g/mol. The smallest absolute Gasteiger partial charge is 0.307 e. The van der Waals surface area contributed by atoms with Crippen LogP contribution in [0.3, 0.4) is 0 Å². The number of benzene rings is 1. The molecule has 0 saturated heterocycles. The molecule has 0 atom stereocenters. The van der Waals surface area contributed by atoms with E-state index in [1.165, 1.54) is 13.2 Å². The highest BCUT2D eigenvalue weighted by atomic mass is 16.5. The van der Waals surface area contributed by atoms with Crippen LogP contribution < -0.4 is 0 Å². The first-order valence-electron chi connectivity index (χ1n) is 4.52. The van der Waals surface area contributed by atoms with Gasteiger partial charge in [0.15, 0.2) is 0 Å². The lowest BCUT2D eigenvalue weighted by Gasteiger charge is -1.99. The van der Waals surface area contributed by atoms with Crippen molar-refractivity contribution < 1.29 is 9.53 Å². The Balaban J connectivity index is 2.67. The number of carbonyl (C=O) groups is 1. The van der Waals surface area contributed by atoms with Crippen LogP contribution in [-0.2, 0) is 16.0 Å². The molecule has 0 bridgehead atoms. The largest absolute Gasteiger partial charge is 0.434 e. The predicted octanol–water partition coefficient (Wildman–Crippen LogP) is 2.20. The van der Waals surface area contributed by atoms with Crippen molar-refractivity contribution in [3.8, 4) is 6.07 Å². The van der Waals surface area contributed by atoms with Gasteiger partial charge in [0, 0.05) is 13.3 Å². The molecular weight excluding hydrogens is 190 g/mol. The Morgan fingerprint density at radius 2 is 2.13 bits per heavy atom. The maximum Gasteiger partial charge on any atom is 0.307 e. The van der Waals surface area contributed by atoms with E-state index in [2.05, 4.69) is 4.74 Å². The third-order valence-corrected chi connectivity index (χ3v) is 1.75. The number of hydrogen-bond acceptors (Lipinski definition) is 3. The van der Waals surface area contributed by atoms with Crippen molar-refractivity contribution >= 4 is 5.97 Å². The second-order valence-corrected chi connectivity index (χ2v) is 3.03. The molecule has 0 fully saturated rings. The van der Waals surface area contributed by atoms with Gasteiger partial charge in [0.2, 0.25) is 0 Å². The summed E-state index contributed by atoms with van der Waals surface area (Å²) >= 11 is 0. The van der Waals surface area contributed by atoms with E-state index >= 15 is 0 Å². The zero-order valence-corrected chi connectivity index (χ0v) is 8.43. The average molecular weight is 201 g/mol. The minimum atomic E-state index is -0.421. The molecule has 3 nitrogen and oxygen atoms in total. The highest BCUT2D eigenvalue weighted by molar-refractivity contribution is 5.66. The summed E-state index contributed by atoms with van der Waals surface area (Å²) in [6, 6.07) is 11.5. The van der Waals surface area contributed by atoms with E-state index in [9.17, 15) is 4.79 Å². The van der Waals surface area contributed by atoms with E-state index in [1.807, 2.05) is 36.4 Å². The number of esters is 1. The molecule has 0 aliphatic heterocycles. The first kappa shape index (κ1) is 11.0. The summed E-state index contributed by atoms with van der Waals surface area (Å²) in [5.74, 6) is -0.421. The molecule has 0 aromatic heterocycles. The van der Waals surface area contributed by atoms with Gasteiger partial charge in [-0.3, -0.25) is 4.79 Å². The van der Waals surface area contributed by atoms with Crippen molar-refractivity contribution in [2.24, 2.45) is 0 Å². The fourth-order valence-electron chi connectivity index (χ4n) is 1.08. The topological polar surface area (TPSA) is 50.1 Å². The van der Waals surface area contributed by atoms with Gasteiger partial charge in [-0.1, -0.05) is 30.3 Å². The Hall–Kier alpha value is -2.08. The zero-order valence-electron chi connectivity index (χ0n) is 8.43. The summed E-state index contributed by atoms with van der Waals surface area (Å²) in [4.78, 5) is 10.5. The van der Waals surface area contributed by atoms with Crippen molar-refractivity contribution in [2.75, 3.05) is 0 Å². The Bertz CT molecular complexity index is 401. The van der Waals surface area contributed by atoms with Crippen molar-refractivity contribution in [3.05, 3.63) is 47.7 Å². The quantitative estimate of drug-likeness (QED) is 0.428. The third-order valence-electron chi connectivity index (χ3n) is 1.75. The Morgan fingerprint density at radius 1 is 1.47 bits per heavy atom. The molecule has 0 heterocycles. The molecule has 3 heteroatoms. The third kappa shape index (κ3) is 4.10. The molecule has 15 heavy (non-hydrogen) atoms. The van der Waals surface area contributed by atoms with Gasteiger partial charge in [-0.05, 0) is 5.56 Å². The molecule has 1 aromatic carbocycles. The highest BCUT2D eigenvalue weighted by Gasteiger charge is 1.99. The van der Waals surface area contributed by atoms with Crippen LogP contribution in [0.1, 0.15) is 12.5 Å². The minimum absolute atomic E-state index is 0.421. The molecule has 0 spiro atoms. The fourth-order valence-corrected chi connectivity index (χ4v) is 1.08. The van der Waals surface area contributed by atoms with Crippen LogP contribution in [0, 0.1) is 11.3 Å². The van der Waals surface area contributed by atoms with Crippen molar-refractivity contribution in [2.45, 2.75) is 13.3 Å². The number of rotatable bonds is 3. The summed E-state index contributed by atoms with van der Waals surface area (Å²) in [5.41, 5.74) is 1.44. The van der Waals surface area contributed by atoms with Crippen molar-refractivity contribution in [1.82, 2.24) is 0 Å². The van der Waals surface area contributed by atoms with Crippen LogP contribution in [0.2, 0.25) is 0 Å². The number of carbonyl (C=O) groups excluding carboxylic acids is 1. The van der Waals surface area contributed by atoms with E-state index < -0.39 is 5.97 Å². The normalized spacial score (nSPS) is 10.5. The molecule has 76 valence electrons. The lowest BCUT2D eigenvalue weighted by molar-refractivity contribution is -0.135. The molecule has 1 rings (SSSR count). The summed E-state index contributed by atoms with van der Waals surface area (Å²) < 4.78 is 4.64. The van der Waals surface area contributed by atoms with E-state index in [1.54, 1.807) is 0 Å². The molecule has 0 aliphatic rings. The van der Waals surface area contributed by atoms with Crippen LogP contribution >= 0.6 is 0 Å². The molecule has 0 aliphatic carbocycles. The molecule has 0 radical (unpaired) electrons. The van der Waals surface area contributed by atoms with E-state index in [-0.39, 0.29) is 0 Å². The van der Waals surface area contributed by atoms with Gasteiger partial charge in [0.1, 0.15) is 6.26 Å². The van der Waals surface area contributed by atoms with Crippen LogP contribution in [0.15, 0.2) is 42.2 Å². The number of ether oxygens (including phenoxy) is 1. The highest BCUT2D eigenvalue weighted by Crippen LogP contribution is 2.07. The number of nitrogens with zero attached hydrogens (tertiary/aromatic N) is 1. The first-order valence-corrected chi connectivity index (χ1v) is 4.52. The average Bonchev–Trinajstić information content (AvgIpc) is 2.25. The van der Waals surface area contributed by atoms with Crippen molar-refractivity contribution in [3.63, 3.8) is 0 Å². The first-order chi connectivity index (χ1) is 7.22. The Labute approximate surface area is 88.6 Å². The Morgan fingerprint density at radius 3 is 2.67 bits per heavy atom. The van der Waals surface area contributed by atoms with Gasteiger partial charge in [-0.2, -0.15) is 5.26 Å². The molecule has 0 amide bonds. The van der Waals surface area contributed by atoms with Gasteiger partial charge in [-0.15, -0.1) is 0 Å². The lowest BCUT2D eigenvalue weighted by atomic mass is 10.1. The Kier molecular flexibility index (Phi) is 4.11. The molecule has 0 saturated carbocycles. The van der Waals surface area contributed by atoms with Gasteiger partial charge in [-0.25, -0.2) is 0 Å². The predicted molar refractivity (Wildman–Crippen MR) is 55.6 cm³/mol. The maximum atomic E-state index is 10.5. The fraction of sp³-hybridized carbons (Fsp3) is 0.167. The van der Waals surface area contributed by atoms with Gasteiger partial charge in [0.25, 0.3) is 0 Å². The SMILES string of the molecule is CC(=O)OC=C(C#N)Cc1ccccc1. The number of hydrogen-bond donors (Lipinski definition) is 0. The van der Waals surface area contributed by atoms with Gasteiger partial charge in [0.05, 0.1) is 11.6 Å². The van der Waals surface area contributed by atoms with E-state index in [0.717, 1.165) is 5.56 Å². The van der Waals surface area contributed by atoms with Crippen LogP contribution in [-0.4, -0.2) is 5.97 Å². The number of allylic oxidation sites excluding steroid dienone is 1. The summed E-state index contributed by atoms with van der Waals surface area (Å²) in [5, 5.41) is 8.79. The molecule has 0 unspecified atom stereocenters. The van der Waals surface area contributed by atoms with Crippen LogP contribution in [0.4, 0.5) is 0 Å². The molecule has 1 aromatic rings. The van der Waals surface area contributed by atoms with E-state index in [0.29, 0.717) is 12.0 Å². The summed E-state index contributed by atoms with van der Waals surface area (Å²) in [6.45, 7) is 1.30. The standard InChI is InChI=1S/C12H11NO2/c1-10(14)15-9-12(8-13)7-11-5-3-2-4-6-11/h2-6,9H,7H2,1H3. The minimum Gasteiger partial charge on any atom is -0.434 e. The van der Waals surface area contributed by atoms with E-state index in [4.69, 9.17) is 5.26 Å². The molecule has 0 N–H and O–H groups in total. The summed E-state index contributed by atoms with van der Waals surface area (Å²) in [6.07, 6.45) is 1.68. The zero-order chi connectivity index (χ0) is 11.1. The summed E-state index contributed by atoms with van der Waals surface area (Å²) in [7, 11) is 0. The second-order valence-electron chi connectivity index (χ2n) is 3.03. The van der Waals surface area contributed by atoms with Crippen LogP contribution in [0.5, 0.6) is 0 Å².